The molecular weight excluding hydrogens is 209 g/mol. The Labute approximate surface area is 94.0 Å². The lowest BCUT2D eigenvalue weighted by atomic mass is 10.1. The zero-order chi connectivity index (χ0) is 11.8. The molecule has 0 unspecified atom stereocenters. The predicted octanol–water partition coefficient (Wildman–Crippen LogP) is 1.09. The van der Waals surface area contributed by atoms with E-state index in [0.717, 1.165) is 18.5 Å². The maximum absolute atomic E-state index is 12.6. The molecule has 1 aromatic carbocycles. The Kier molecular flexibility index (Phi) is 5.28. The van der Waals surface area contributed by atoms with Crippen LogP contribution in [0.3, 0.4) is 0 Å². The van der Waals surface area contributed by atoms with E-state index < -0.39 is 0 Å². The number of amidine groups is 1. The van der Waals surface area contributed by atoms with Gasteiger partial charge in [0.2, 0.25) is 0 Å². The van der Waals surface area contributed by atoms with Crippen molar-refractivity contribution < 1.29 is 9.60 Å². The van der Waals surface area contributed by atoms with E-state index in [4.69, 9.17) is 10.9 Å². The molecule has 0 spiro atoms. The molecule has 0 aliphatic heterocycles. The van der Waals surface area contributed by atoms with Crippen LogP contribution in [-0.4, -0.2) is 24.1 Å². The van der Waals surface area contributed by atoms with E-state index in [9.17, 15) is 4.39 Å². The summed E-state index contributed by atoms with van der Waals surface area (Å²) >= 11 is 0. The van der Waals surface area contributed by atoms with E-state index in [1.807, 2.05) is 0 Å². The summed E-state index contributed by atoms with van der Waals surface area (Å²) in [5, 5.41) is 14.3. The average molecular weight is 225 g/mol. The Morgan fingerprint density at radius 1 is 1.31 bits per heavy atom. The highest BCUT2D eigenvalue weighted by atomic mass is 19.1. The van der Waals surface area contributed by atoms with Crippen LogP contribution < -0.4 is 11.1 Å². The number of oxime groups is 1. The first kappa shape index (κ1) is 12.4. The van der Waals surface area contributed by atoms with E-state index in [0.29, 0.717) is 13.0 Å². The van der Waals surface area contributed by atoms with E-state index >= 15 is 0 Å². The first-order valence-electron chi connectivity index (χ1n) is 5.14. The summed E-state index contributed by atoms with van der Waals surface area (Å²) < 4.78 is 12.6. The highest BCUT2D eigenvalue weighted by Crippen LogP contribution is 2.02. The highest BCUT2D eigenvalue weighted by Gasteiger charge is 1.95. The van der Waals surface area contributed by atoms with E-state index in [1.165, 1.54) is 12.1 Å². The minimum atomic E-state index is -0.219. The van der Waals surface area contributed by atoms with Crippen molar-refractivity contribution in [3.05, 3.63) is 35.6 Å². The van der Waals surface area contributed by atoms with Gasteiger partial charge in [0.1, 0.15) is 11.7 Å². The van der Waals surface area contributed by atoms with Crippen molar-refractivity contribution >= 4 is 5.84 Å². The number of halogens is 1. The molecule has 16 heavy (non-hydrogen) atoms. The molecule has 0 aromatic heterocycles. The lowest BCUT2D eigenvalue weighted by Crippen LogP contribution is -2.24. The average Bonchev–Trinajstić information content (AvgIpc) is 2.31. The molecule has 4 N–H and O–H groups in total. The first-order chi connectivity index (χ1) is 7.72. The maximum Gasteiger partial charge on any atom is 0.140 e. The van der Waals surface area contributed by atoms with Crippen molar-refractivity contribution in [2.75, 3.05) is 13.1 Å². The molecular formula is C11H16FN3O. The zero-order valence-corrected chi connectivity index (χ0v) is 8.99. The summed E-state index contributed by atoms with van der Waals surface area (Å²) in [7, 11) is 0. The van der Waals surface area contributed by atoms with Gasteiger partial charge in [-0.2, -0.15) is 0 Å². The molecule has 1 rings (SSSR count). The van der Waals surface area contributed by atoms with Crippen LogP contribution in [0.15, 0.2) is 29.4 Å². The largest absolute Gasteiger partial charge is 0.409 e. The third-order valence-corrected chi connectivity index (χ3v) is 2.19. The summed E-state index contributed by atoms with van der Waals surface area (Å²) in [6.45, 7) is 1.45. The molecule has 0 radical (unpaired) electrons. The molecule has 0 saturated carbocycles. The molecule has 0 saturated heterocycles. The van der Waals surface area contributed by atoms with Crippen LogP contribution in [0.25, 0.3) is 0 Å². The molecule has 88 valence electrons. The molecule has 0 heterocycles. The number of nitrogens with one attached hydrogen (secondary N) is 1. The van der Waals surface area contributed by atoms with Crippen LogP contribution >= 0.6 is 0 Å². The van der Waals surface area contributed by atoms with Crippen LogP contribution in [0.2, 0.25) is 0 Å². The third kappa shape index (κ3) is 4.75. The number of hydrogen-bond acceptors (Lipinski definition) is 3. The van der Waals surface area contributed by atoms with Gasteiger partial charge in [-0.15, -0.1) is 0 Å². The first-order valence-corrected chi connectivity index (χ1v) is 5.14. The summed E-state index contributed by atoms with van der Waals surface area (Å²) in [6.07, 6.45) is 1.34. The second-order valence-electron chi connectivity index (χ2n) is 3.47. The van der Waals surface area contributed by atoms with Crippen molar-refractivity contribution in [1.29, 1.82) is 0 Å². The molecule has 0 aliphatic rings. The number of hydrogen-bond donors (Lipinski definition) is 3. The lowest BCUT2D eigenvalue weighted by molar-refractivity contribution is 0.316. The minimum Gasteiger partial charge on any atom is -0.409 e. The van der Waals surface area contributed by atoms with Gasteiger partial charge in [-0.1, -0.05) is 17.3 Å². The molecule has 0 amide bonds. The smallest absolute Gasteiger partial charge is 0.140 e. The van der Waals surface area contributed by atoms with Gasteiger partial charge < -0.3 is 16.3 Å². The van der Waals surface area contributed by atoms with Crippen molar-refractivity contribution in [1.82, 2.24) is 5.32 Å². The van der Waals surface area contributed by atoms with Crippen LogP contribution in [0.4, 0.5) is 4.39 Å². The van der Waals surface area contributed by atoms with Crippen LogP contribution in [0, 0.1) is 5.82 Å². The Bertz CT molecular complexity index is 338. The minimum absolute atomic E-state index is 0.217. The van der Waals surface area contributed by atoms with Gasteiger partial charge in [0.05, 0.1) is 0 Å². The Hall–Kier alpha value is -1.62. The second-order valence-corrected chi connectivity index (χ2v) is 3.47. The Morgan fingerprint density at radius 2 is 2.00 bits per heavy atom. The van der Waals surface area contributed by atoms with Gasteiger partial charge in [-0.25, -0.2) is 4.39 Å². The highest BCUT2D eigenvalue weighted by molar-refractivity contribution is 5.79. The fourth-order valence-electron chi connectivity index (χ4n) is 1.28. The second kappa shape index (κ2) is 6.79. The molecule has 0 bridgehead atoms. The fraction of sp³-hybridized carbons (Fsp3) is 0.364. The molecule has 0 fully saturated rings. The molecule has 4 nitrogen and oxygen atoms in total. The number of rotatable bonds is 6. The number of benzene rings is 1. The molecule has 1 aromatic rings. The predicted molar refractivity (Wildman–Crippen MR) is 61.0 cm³/mol. The fourth-order valence-corrected chi connectivity index (χ4v) is 1.28. The van der Waals surface area contributed by atoms with Gasteiger partial charge in [-0.05, 0) is 30.7 Å². The van der Waals surface area contributed by atoms with Crippen LogP contribution in [0.5, 0.6) is 0 Å². The van der Waals surface area contributed by atoms with Crippen LogP contribution in [0.1, 0.15) is 12.0 Å². The monoisotopic (exact) mass is 225 g/mol. The number of nitrogens with two attached hydrogens (primary N) is 1. The van der Waals surface area contributed by atoms with Gasteiger partial charge in [0.15, 0.2) is 0 Å². The maximum atomic E-state index is 12.6. The molecule has 5 heteroatoms. The summed E-state index contributed by atoms with van der Waals surface area (Å²) in [5.41, 5.74) is 6.38. The summed E-state index contributed by atoms with van der Waals surface area (Å²) in [5.74, 6) is -0.00192. The van der Waals surface area contributed by atoms with Gasteiger partial charge in [0, 0.05) is 13.0 Å². The van der Waals surface area contributed by atoms with Gasteiger partial charge >= 0.3 is 0 Å². The Morgan fingerprint density at radius 3 is 2.62 bits per heavy atom. The quantitative estimate of drug-likeness (QED) is 0.223. The van der Waals surface area contributed by atoms with E-state index in [2.05, 4.69) is 10.5 Å². The van der Waals surface area contributed by atoms with Crippen molar-refractivity contribution in [2.24, 2.45) is 10.9 Å². The molecule has 0 atom stereocenters. The van der Waals surface area contributed by atoms with E-state index in [-0.39, 0.29) is 11.7 Å². The topological polar surface area (TPSA) is 70.6 Å². The SMILES string of the molecule is NC(CCNCCc1ccc(F)cc1)=NO. The zero-order valence-electron chi connectivity index (χ0n) is 8.99. The standard InChI is InChI=1S/C11H16FN3O/c12-10-3-1-9(2-4-10)5-7-14-8-6-11(13)15-16/h1-4,14,16H,5-8H2,(H2,13,15). The van der Waals surface area contributed by atoms with E-state index in [1.54, 1.807) is 12.1 Å². The summed E-state index contributed by atoms with van der Waals surface area (Å²) in [4.78, 5) is 0. The number of nitrogens with zero attached hydrogens (tertiary/aromatic N) is 1. The van der Waals surface area contributed by atoms with Crippen molar-refractivity contribution in [3.8, 4) is 0 Å². The Balaban J connectivity index is 2.14. The lowest BCUT2D eigenvalue weighted by Gasteiger charge is -2.04. The van der Waals surface area contributed by atoms with Crippen molar-refractivity contribution in [3.63, 3.8) is 0 Å². The van der Waals surface area contributed by atoms with Crippen LogP contribution in [-0.2, 0) is 6.42 Å². The van der Waals surface area contributed by atoms with Gasteiger partial charge in [-0.3, -0.25) is 0 Å². The summed E-state index contributed by atoms with van der Waals surface area (Å²) in [6, 6.07) is 6.43. The van der Waals surface area contributed by atoms with Gasteiger partial charge in [0.25, 0.3) is 0 Å². The normalized spacial score (nSPS) is 11.7. The molecule has 0 aliphatic carbocycles. The third-order valence-electron chi connectivity index (χ3n) is 2.19. The van der Waals surface area contributed by atoms with Crippen molar-refractivity contribution in [2.45, 2.75) is 12.8 Å².